The van der Waals surface area contributed by atoms with Crippen molar-refractivity contribution in [1.29, 1.82) is 0 Å². The summed E-state index contributed by atoms with van der Waals surface area (Å²) in [5, 5.41) is 0.815. The van der Waals surface area contributed by atoms with Crippen molar-refractivity contribution in [2.45, 2.75) is 57.6 Å². The van der Waals surface area contributed by atoms with Gasteiger partial charge in [0.25, 0.3) is 0 Å². The quantitative estimate of drug-likeness (QED) is 0.747. The molecule has 2 nitrogen and oxygen atoms in total. The fourth-order valence-corrected chi connectivity index (χ4v) is 4.89. The van der Waals surface area contributed by atoms with Crippen LogP contribution in [0.1, 0.15) is 52.9 Å². The molecule has 0 aromatic heterocycles. The number of halogens is 1. The molecule has 1 rings (SSSR count). The third-order valence-electron chi connectivity index (χ3n) is 3.63. The molecular weight excluding hydrogens is 288 g/mol. The highest BCUT2D eigenvalue weighted by molar-refractivity contribution is 9.09. The van der Waals surface area contributed by atoms with Crippen LogP contribution in [0.5, 0.6) is 0 Å². The Labute approximate surface area is 108 Å². The first-order chi connectivity index (χ1) is 7.22. The van der Waals surface area contributed by atoms with Crippen LogP contribution in [0.15, 0.2) is 0 Å². The summed E-state index contributed by atoms with van der Waals surface area (Å²) >= 11 is 3.52. The van der Waals surface area contributed by atoms with Gasteiger partial charge in [-0.1, -0.05) is 35.2 Å². The largest absolute Gasteiger partial charge is 0.228 e. The Morgan fingerprint density at radius 1 is 1.12 bits per heavy atom. The summed E-state index contributed by atoms with van der Waals surface area (Å²) < 4.78 is 23.9. The second-order valence-corrected chi connectivity index (χ2v) is 9.37. The minimum Gasteiger partial charge on any atom is -0.228 e. The normalized spacial score (nSPS) is 22.0. The van der Waals surface area contributed by atoms with Crippen molar-refractivity contribution >= 4 is 25.8 Å². The second-order valence-electron chi connectivity index (χ2n) is 6.07. The lowest BCUT2D eigenvalue weighted by molar-refractivity contribution is 0.254. The number of sulfone groups is 1. The minimum absolute atomic E-state index is 0.00956. The number of rotatable bonds is 3. The second kappa shape index (κ2) is 4.97. The Morgan fingerprint density at radius 2 is 1.62 bits per heavy atom. The summed E-state index contributed by atoms with van der Waals surface area (Å²) in [6.45, 7) is 5.40. The molecule has 1 aliphatic carbocycles. The van der Waals surface area contributed by atoms with E-state index in [1.807, 2.05) is 0 Å². The molecule has 16 heavy (non-hydrogen) atoms. The van der Waals surface area contributed by atoms with Crippen LogP contribution in [-0.4, -0.2) is 24.2 Å². The SMILES string of the molecule is CC(C)(C)S(=O)(=O)CC1(CBr)CCCCC1. The Morgan fingerprint density at radius 3 is 2.00 bits per heavy atom. The maximum Gasteiger partial charge on any atom is 0.155 e. The van der Waals surface area contributed by atoms with Crippen LogP contribution in [0, 0.1) is 5.41 Å². The zero-order valence-electron chi connectivity index (χ0n) is 10.6. The Hall–Kier alpha value is 0.430. The fourth-order valence-electron chi connectivity index (χ4n) is 2.24. The first kappa shape index (κ1) is 14.5. The Kier molecular flexibility index (Phi) is 4.50. The summed E-state index contributed by atoms with van der Waals surface area (Å²) in [4.78, 5) is 0. The highest BCUT2D eigenvalue weighted by atomic mass is 79.9. The molecule has 0 spiro atoms. The van der Waals surface area contributed by atoms with Crippen LogP contribution >= 0.6 is 15.9 Å². The monoisotopic (exact) mass is 310 g/mol. The predicted octanol–water partition coefficient (Wildman–Crippen LogP) is 3.55. The zero-order valence-corrected chi connectivity index (χ0v) is 13.0. The van der Waals surface area contributed by atoms with E-state index in [9.17, 15) is 8.42 Å². The average Bonchev–Trinajstić information content (AvgIpc) is 2.17. The van der Waals surface area contributed by atoms with Crippen LogP contribution in [0.2, 0.25) is 0 Å². The first-order valence-corrected chi connectivity index (χ1v) is 8.78. The van der Waals surface area contributed by atoms with Gasteiger partial charge in [0, 0.05) is 5.33 Å². The van der Waals surface area contributed by atoms with E-state index in [2.05, 4.69) is 15.9 Å². The van der Waals surface area contributed by atoms with Gasteiger partial charge in [-0.2, -0.15) is 0 Å². The van der Waals surface area contributed by atoms with Gasteiger partial charge in [0.15, 0.2) is 9.84 Å². The summed E-state index contributed by atoms with van der Waals surface area (Å²) in [5.74, 6) is 0.342. The van der Waals surface area contributed by atoms with Crippen LogP contribution in [0.25, 0.3) is 0 Å². The molecule has 0 bridgehead atoms. The van der Waals surface area contributed by atoms with Gasteiger partial charge in [0.1, 0.15) is 0 Å². The summed E-state index contributed by atoms with van der Waals surface area (Å²) in [6, 6.07) is 0. The molecule has 1 fully saturated rings. The molecule has 96 valence electrons. The van der Waals surface area contributed by atoms with Crippen molar-refractivity contribution in [3.63, 3.8) is 0 Å². The van der Waals surface area contributed by atoms with E-state index in [0.29, 0.717) is 5.75 Å². The highest BCUT2D eigenvalue weighted by Gasteiger charge is 2.40. The summed E-state index contributed by atoms with van der Waals surface area (Å²) in [5.41, 5.74) is -0.00956. The molecule has 0 saturated heterocycles. The van der Waals surface area contributed by atoms with Gasteiger partial charge in [0.05, 0.1) is 10.5 Å². The van der Waals surface area contributed by atoms with Gasteiger partial charge < -0.3 is 0 Å². The third kappa shape index (κ3) is 3.22. The van der Waals surface area contributed by atoms with E-state index in [-0.39, 0.29) is 5.41 Å². The van der Waals surface area contributed by atoms with E-state index < -0.39 is 14.6 Å². The van der Waals surface area contributed by atoms with Gasteiger partial charge in [-0.05, 0) is 39.0 Å². The summed E-state index contributed by atoms with van der Waals surface area (Å²) in [6.07, 6.45) is 5.70. The smallest absolute Gasteiger partial charge is 0.155 e. The van der Waals surface area contributed by atoms with Gasteiger partial charge in [0.2, 0.25) is 0 Å². The van der Waals surface area contributed by atoms with Crippen LogP contribution < -0.4 is 0 Å². The van der Waals surface area contributed by atoms with Crippen LogP contribution in [-0.2, 0) is 9.84 Å². The summed E-state index contributed by atoms with van der Waals surface area (Å²) in [7, 11) is -3.00. The molecule has 0 N–H and O–H groups in total. The van der Waals surface area contributed by atoms with E-state index in [0.717, 1.165) is 18.2 Å². The molecule has 0 heterocycles. The third-order valence-corrected chi connectivity index (χ3v) is 7.67. The van der Waals surface area contributed by atoms with Gasteiger partial charge in [-0.3, -0.25) is 0 Å². The maximum atomic E-state index is 12.3. The van der Waals surface area contributed by atoms with Gasteiger partial charge in [-0.15, -0.1) is 0 Å². The highest BCUT2D eigenvalue weighted by Crippen LogP contribution is 2.40. The molecule has 0 aromatic carbocycles. The standard InChI is InChI=1S/C12H23BrO2S/c1-11(2,3)16(14,15)10-12(9-13)7-5-4-6-8-12/h4-10H2,1-3H3. The van der Waals surface area contributed by atoms with Crippen molar-refractivity contribution in [2.24, 2.45) is 5.41 Å². The number of hydrogen-bond acceptors (Lipinski definition) is 2. The molecule has 1 saturated carbocycles. The molecule has 0 aromatic rings. The lowest BCUT2D eigenvalue weighted by atomic mass is 9.77. The van der Waals surface area contributed by atoms with Crippen molar-refractivity contribution in [2.75, 3.05) is 11.1 Å². The average molecular weight is 311 g/mol. The number of hydrogen-bond donors (Lipinski definition) is 0. The van der Waals surface area contributed by atoms with E-state index in [4.69, 9.17) is 0 Å². The topological polar surface area (TPSA) is 34.1 Å². The molecule has 0 aliphatic heterocycles. The van der Waals surface area contributed by atoms with E-state index >= 15 is 0 Å². The predicted molar refractivity (Wildman–Crippen MR) is 72.9 cm³/mol. The molecule has 0 amide bonds. The van der Waals surface area contributed by atoms with Crippen molar-refractivity contribution in [3.8, 4) is 0 Å². The number of alkyl halides is 1. The van der Waals surface area contributed by atoms with E-state index in [1.54, 1.807) is 20.8 Å². The lowest BCUT2D eigenvalue weighted by Crippen LogP contribution is -2.41. The fraction of sp³-hybridized carbons (Fsp3) is 1.00. The Balaban J connectivity index is 2.85. The first-order valence-electron chi connectivity index (χ1n) is 6.01. The van der Waals surface area contributed by atoms with Crippen molar-refractivity contribution < 1.29 is 8.42 Å². The van der Waals surface area contributed by atoms with Crippen molar-refractivity contribution in [1.82, 2.24) is 0 Å². The Bertz CT molecular complexity index is 321. The van der Waals surface area contributed by atoms with Gasteiger partial charge >= 0.3 is 0 Å². The van der Waals surface area contributed by atoms with Crippen LogP contribution in [0.3, 0.4) is 0 Å². The molecule has 0 radical (unpaired) electrons. The molecule has 0 unspecified atom stereocenters. The van der Waals surface area contributed by atoms with Crippen LogP contribution in [0.4, 0.5) is 0 Å². The lowest BCUT2D eigenvalue weighted by Gasteiger charge is -2.37. The maximum absolute atomic E-state index is 12.3. The zero-order chi connectivity index (χ0) is 12.4. The molecular formula is C12H23BrO2S. The molecule has 1 aliphatic rings. The minimum atomic E-state index is -3.00. The molecule has 4 heteroatoms. The van der Waals surface area contributed by atoms with Crippen molar-refractivity contribution in [3.05, 3.63) is 0 Å². The van der Waals surface area contributed by atoms with E-state index in [1.165, 1.54) is 19.3 Å². The van der Waals surface area contributed by atoms with Gasteiger partial charge in [-0.25, -0.2) is 8.42 Å². The molecule has 0 atom stereocenters.